The Balaban J connectivity index is 1.96. The van der Waals surface area contributed by atoms with Gasteiger partial charge in [-0.2, -0.15) is 4.98 Å². The lowest BCUT2D eigenvalue weighted by Crippen LogP contribution is -2.31. The van der Waals surface area contributed by atoms with Crippen molar-refractivity contribution in [3.8, 4) is 0 Å². The van der Waals surface area contributed by atoms with Crippen LogP contribution in [-0.4, -0.2) is 27.4 Å². The molecule has 102 valence electrons. The maximum atomic E-state index is 11.9. The molecule has 1 fully saturated rings. The quantitative estimate of drug-likeness (QED) is 0.749. The smallest absolute Gasteiger partial charge is 0.351 e. The molecular formula is C13H17N3O3. The molecule has 6 heteroatoms. The van der Waals surface area contributed by atoms with Crippen LogP contribution in [0.2, 0.25) is 0 Å². The molecule has 2 heterocycles. The van der Waals surface area contributed by atoms with Crippen LogP contribution in [0.1, 0.15) is 19.1 Å². The second-order valence-electron chi connectivity index (χ2n) is 5.06. The molecule has 3 rings (SSSR count). The molecule has 1 unspecified atom stereocenters. The summed E-state index contributed by atoms with van der Waals surface area (Å²) in [6.45, 7) is -0.0251. The van der Waals surface area contributed by atoms with Crippen LogP contribution in [-0.2, 0) is 4.74 Å². The highest BCUT2D eigenvalue weighted by Crippen LogP contribution is 2.44. The zero-order valence-corrected chi connectivity index (χ0v) is 10.5. The van der Waals surface area contributed by atoms with Crippen molar-refractivity contribution < 1.29 is 9.84 Å². The van der Waals surface area contributed by atoms with Gasteiger partial charge in [0.1, 0.15) is 12.0 Å². The van der Waals surface area contributed by atoms with E-state index in [1.165, 1.54) is 4.57 Å². The average Bonchev–Trinajstić information content (AvgIpc) is 2.78. The van der Waals surface area contributed by atoms with Gasteiger partial charge in [0.15, 0.2) is 0 Å². The summed E-state index contributed by atoms with van der Waals surface area (Å²) in [5.41, 5.74) is 5.09. The van der Waals surface area contributed by atoms with Gasteiger partial charge in [0.25, 0.3) is 0 Å². The van der Waals surface area contributed by atoms with E-state index in [9.17, 15) is 9.90 Å². The molecule has 4 atom stereocenters. The van der Waals surface area contributed by atoms with Crippen molar-refractivity contribution in [2.45, 2.75) is 25.2 Å². The van der Waals surface area contributed by atoms with E-state index in [2.05, 4.69) is 17.1 Å². The first-order chi connectivity index (χ1) is 9.20. The zero-order chi connectivity index (χ0) is 13.4. The minimum absolute atomic E-state index is 0.0251. The predicted molar refractivity (Wildman–Crippen MR) is 69.3 cm³/mol. The molecule has 1 aromatic heterocycles. The van der Waals surface area contributed by atoms with Gasteiger partial charge in [-0.1, -0.05) is 12.2 Å². The molecule has 2 aliphatic rings. The normalized spacial score (nSPS) is 33.3. The Hall–Kier alpha value is -1.66. The number of aromatic nitrogens is 2. The Bertz CT molecular complexity index is 554. The first kappa shape index (κ1) is 12.4. The lowest BCUT2D eigenvalue weighted by Gasteiger charge is -2.25. The number of aliphatic hydroxyl groups is 1. The van der Waals surface area contributed by atoms with Crippen molar-refractivity contribution >= 4 is 5.82 Å². The van der Waals surface area contributed by atoms with E-state index in [1.807, 2.05) is 0 Å². The molecule has 0 saturated carbocycles. The molecule has 1 aliphatic heterocycles. The van der Waals surface area contributed by atoms with E-state index in [-0.39, 0.29) is 36.6 Å². The fraction of sp³-hybridized carbons (Fsp3) is 0.538. The summed E-state index contributed by atoms with van der Waals surface area (Å²) in [6.07, 6.45) is 6.97. The molecule has 3 N–H and O–H groups in total. The second-order valence-corrected chi connectivity index (χ2v) is 5.06. The molecule has 19 heavy (non-hydrogen) atoms. The standard InChI is InChI=1S/C13H17N3O3/c14-11-5-6-16(13(18)15-11)12-9-4-2-1-3-8(9)10(7-17)19-12/h1-2,5-6,8-10,12,17H,3-4,7H2,(H2,14,15,18)/t8-,9+,10+,12?/m0/s1. The van der Waals surface area contributed by atoms with Crippen LogP contribution in [0.25, 0.3) is 0 Å². The van der Waals surface area contributed by atoms with E-state index in [0.717, 1.165) is 12.8 Å². The number of allylic oxidation sites excluding steroid dienone is 2. The summed E-state index contributed by atoms with van der Waals surface area (Å²) in [5, 5.41) is 9.41. The van der Waals surface area contributed by atoms with Gasteiger partial charge in [-0.15, -0.1) is 0 Å². The van der Waals surface area contributed by atoms with Crippen LogP contribution in [0.4, 0.5) is 5.82 Å². The highest BCUT2D eigenvalue weighted by atomic mass is 16.5. The minimum atomic E-state index is -0.406. The van der Waals surface area contributed by atoms with E-state index in [0.29, 0.717) is 0 Å². The lowest BCUT2D eigenvalue weighted by molar-refractivity contribution is -0.0388. The molecule has 0 aromatic carbocycles. The third kappa shape index (κ3) is 2.06. The third-order valence-corrected chi connectivity index (χ3v) is 4.00. The Morgan fingerprint density at radius 1 is 1.42 bits per heavy atom. The van der Waals surface area contributed by atoms with Gasteiger partial charge in [-0.05, 0) is 24.8 Å². The van der Waals surface area contributed by atoms with Gasteiger partial charge in [-0.3, -0.25) is 4.57 Å². The van der Waals surface area contributed by atoms with Crippen molar-refractivity contribution in [1.29, 1.82) is 0 Å². The summed E-state index contributed by atoms with van der Waals surface area (Å²) in [4.78, 5) is 15.6. The van der Waals surface area contributed by atoms with Gasteiger partial charge < -0.3 is 15.6 Å². The molecule has 1 saturated heterocycles. The summed E-state index contributed by atoms with van der Waals surface area (Å²) in [6, 6.07) is 1.59. The average molecular weight is 263 g/mol. The van der Waals surface area contributed by atoms with Crippen molar-refractivity contribution in [3.63, 3.8) is 0 Å². The van der Waals surface area contributed by atoms with E-state index >= 15 is 0 Å². The highest BCUT2D eigenvalue weighted by Gasteiger charge is 2.45. The van der Waals surface area contributed by atoms with Crippen molar-refractivity contribution in [3.05, 3.63) is 34.9 Å². The van der Waals surface area contributed by atoms with E-state index in [1.54, 1.807) is 12.3 Å². The van der Waals surface area contributed by atoms with Crippen LogP contribution in [0, 0.1) is 11.8 Å². The molecule has 6 nitrogen and oxygen atoms in total. The number of nitrogens with two attached hydrogens (primary N) is 1. The molecule has 1 aromatic rings. The number of hydrogen-bond donors (Lipinski definition) is 2. The van der Waals surface area contributed by atoms with Crippen LogP contribution in [0.15, 0.2) is 29.2 Å². The second kappa shape index (κ2) is 4.79. The Morgan fingerprint density at radius 2 is 2.16 bits per heavy atom. The predicted octanol–water partition coefficient (Wildman–Crippen LogP) is 0.298. The molecular weight excluding hydrogens is 246 g/mol. The van der Waals surface area contributed by atoms with Gasteiger partial charge >= 0.3 is 5.69 Å². The van der Waals surface area contributed by atoms with Crippen LogP contribution >= 0.6 is 0 Å². The fourth-order valence-electron chi connectivity index (χ4n) is 3.06. The molecule has 0 bridgehead atoms. The molecule has 0 radical (unpaired) electrons. The lowest BCUT2D eigenvalue weighted by atomic mass is 9.81. The highest BCUT2D eigenvalue weighted by molar-refractivity contribution is 5.23. The Morgan fingerprint density at radius 3 is 2.84 bits per heavy atom. The molecule has 0 spiro atoms. The first-order valence-corrected chi connectivity index (χ1v) is 6.46. The number of nitrogens with zero attached hydrogens (tertiary/aromatic N) is 2. The summed E-state index contributed by atoms with van der Waals surface area (Å²) in [5.74, 6) is 0.660. The van der Waals surface area contributed by atoms with Gasteiger partial charge in [0.2, 0.25) is 0 Å². The summed E-state index contributed by atoms with van der Waals surface area (Å²) < 4.78 is 7.33. The minimum Gasteiger partial charge on any atom is -0.394 e. The topological polar surface area (TPSA) is 90.4 Å². The summed E-state index contributed by atoms with van der Waals surface area (Å²) >= 11 is 0. The van der Waals surface area contributed by atoms with E-state index in [4.69, 9.17) is 10.5 Å². The molecule has 1 aliphatic carbocycles. The maximum absolute atomic E-state index is 11.9. The van der Waals surface area contributed by atoms with Crippen LogP contribution < -0.4 is 11.4 Å². The SMILES string of the molecule is Nc1ccn(C2O[C@H](CO)[C@H]3CC=CC[C@@H]23)c(=O)n1. The van der Waals surface area contributed by atoms with Gasteiger partial charge in [-0.25, -0.2) is 4.79 Å². The van der Waals surface area contributed by atoms with Crippen LogP contribution in [0.3, 0.4) is 0 Å². The third-order valence-electron chi connectivity index (χ3n) is 4.00. The largest absolute Gasteiger partial charge is 0.394 e. The maximum Gasteiger partial charge on any atom is 0.351 e. The molecule has 0 amide bonds. The number of anilines is 1. The number of ether oxygens (including phenoxy) is 1. The number of nitrogen functional groups attached to an aromatic ring is 1. The number of aliphatic hydroxyl groups excluding tert-OH is 1. The van der Waals surface area contributed by atoms with Crippen molar-refractivity contribution in [1.82, 2.24) is 9.55 Å². The summed E-state index contributed by atoms with van der Waals surface area (Å²) in [7, 11) is 0. The monoisotopic (exact) mass is 263 g/mol. The van der Waals surface area contributed by atoms with Gasteiger partial charge in [0, 0.05) is 12.1 Å². The van der Waals surface area contributed by atoms with E-state index < -0.39 is 5.69 Å². The number of rotatable bonds is 2. The van der Waals surface area contributed by atoms with Crippen LogP contribution in [0.5, 0.6) is 0 Å². The zero-order valence-electron chi connectivity index (χ0n) is 10.5. The van der Waals surface area contributed by atoms with Crippen molar-refractivity contribution in [2.75, 3.05) is 12.3 Å². The number of hydrogen-bond acceptors (Lipinski definition) is 5. The number of fused-ring (bicyclic) bond motifs is 1. The first-order valence-electron chi connectivity index (χ1n) is 6.46. The Labute approximate surface area is 110 Å². The van der Waals surface area contributed by atoms with Gasteiger partial charge in [0.05, 0.1) is 12.7 Å². The van der Waals surface area contributed by atoms with Crippen molar-refractivity contribution in [2.24, 2.45) is 11.8 Å². The fourth-order valence-corrected chi connectivity index (χ4v) is 3.06. The Kier molecular flexibility index (Phi) is 3.12.